The molecule has 0 radical (unpaired) electrons. The molecule has 1 fully saturated rings. The van der Waals surface area contributed by atoms with Gasteiger partial charge in [-0.3, -0.25) is 0 Å². The Labute approximate surface area is 102 Å². The Hall–Kier alpha value is -0.730. The highest BCUT2D eigenvalue weighted by molar-refractivity contribution is 6.30. The van der Waals surface area contributed by atoms with Gasteiger partial charge in [0.25, 0.3) is 0 Å². The first-order valence-electron chi connectivity index (χ1n) is 5.71. The van der Waals surface area contributed by atoms with Crippen molar-refractivity contribution in [2.75, 3.05) is 0 Å². The first-order chi connectivity index (χ1) is 7.49. The molecule has 0 unspecified atom stereocenters. The van der Waals surface area contributed by atoms with E-state index in [1.807, 2.05) is 6.07 Å². The summed E-state index contributed by atoms with van der Waals surface area (Å²) >= 11 is 5.90. The van der Waals surface area contributed by atoms with Gasteiger partial charge in [0.05, 0.1) is 0 Å². The highest BCUT2D eigenvalue weighted by Crippen LogP contribution is 2.39. The molecular formula is C13H18ClNO. The molecule has 0 saturated heterocycles. The van der Waals surface area contributed by atoms with Crippen molar-refractivity contribution in [2.45, 2.75) is 38.8 Å². The van der Waals surface area contributed by atoms with Gasteiger partial charge in [-0.05, 0) is 50.8 Å². The molecule has 16 heavy (non-hydrogen) atoms. The summed E-state index contributed by atoms with van der Waals surface area (Å²) in [6.07, 6.45) is 2.61. The van der Waals surface area contributed by atoms with Crippen molar-refractivity contribution in [3.63, 3.8) is 0 Å². The van der Waals surface area contributed by atoms with Gasteiger partial charge in [0.2, 0.25) is 0 Å². The fourth-order valence-corrected chi connectivity index (χ4v) is 2.16. The second-order valence-electron chi connectivity index (χ2n) is 5.12. The van der Waals surface area contributed by atoms with E-state index >= 15 is 0 Å². The van der Waals surface area contributed by atoms with E-state index in [2.05, 4.69) is 19.2 Å². The van der Waals surface area contributed by atoms with E-state index in [4.69, 9.17) is 11.6 Å². The highest BCUT2D eigenvalue weighted by Gasteiger charge is 2.37. The molecule has 2 nitrogen and oxygen atoms in total. The van der Waals surface area contributed by atoms with Crippen molar-refractivity contribution in [3.05, 3.63) is 28.8 Å². The van der Waals surface area contributed by atoms with Gasteiger partial charge >= 0.3 is 0 Å². The van der Waals surface area contributed by atoms with Gasteiger partial charge in [0, 0.05) is 22.7 Å². The van der Waals surface area contributed by atoms with Gasteiger partial charge in [0.15, 0.2) is 0 Å². The third kappa shape index (κ3) is 2.69. The number of rotatable bonds is 4. The Morgan fingerprint density at radius 2 is 2.12 bits per heavy atom. The highest BCUT2D eigenvalue weighted by atomic mass is 35.5. The summed E-state index contributed by atoms with van der Waals surface area (Å²) in [7, 11) is 0. The summed E-state index contributed by atoms with van der Waals surface area (Å²) in [4.78, 5) is 0. The summed E-state index contributed by atoms with van der Waals surface area (Å²) in [5.41, 5.74) is 1.01. The van der Waals surface area contributed by atoms with Crippen LogP contribution < -0.4 is 5.32 Å². The Morgan fingerprint density at radius 3 is 2.75 bits per heavy atom. The fourth-order valence-electron chi connectivity index (χ4n) is 1.97. The molecule has 1 aliphatic rings. The SMILES string of the molecule is CC(C)(NCc1cc(Cl)ccc1O)C1CC1. The van der Waals surface area contributed by atoms with Crippen molar-refractivity contribution >= 4 is 11.6 Å². The van der Waals surface area contributed by atoms with Crippen LogP contribution in [0.5, 0.6) is 5.75 Å². The standard InChI is InChI=1S/C13H18ClNO/c1-13(2,10-3-4-10)15-8-9-7-11(14)5-6-12(9)16/h5-7,10,15-16H,3-4,8H2,1-2H3. The topological polar surface area (TPSA) is 32.3 Å². The fraction of sp³-hybridized carbons (Fsp3) is 0.538. The smallest absolute Gasteiger partial charge is 0.120 e. The van der Waals surface area contributed by atoms with Crippen molar-refractivity contribution in [1.82, 2.24) is 5.32 Å². The van der Waals surface area contributed by atoms with Gasteiger partial charge in [0.1, 0.15) is 5.75 Å². The minimum Gasteiger partial charge on any atom is -0.508 e. The lowest BCUT2D eigenvalue weighted by Gasteiger charge is -2.26. The lowest BCUT2D eigenvalue weighted by atomic mass is 9.98. The van der Waals surface area contributed by atoms with Crippen LogP contribution in [0.2, 0.25) is 5.02 Å². The van der Waals surface area contributed by atoms with Crippen LogP contribution in [-0.4, -0.2) is 10.6 Å². The number of phenolic OH excluding ortho intramolecular Hbond substituents is 1. The molecule has 0 bridgehead atoms. The van der Waals surface area contributed by atoms with E-state index in [0.717, 1.165) is 11.5 Å². The van der Waals surface area contributed by atoms with Crippen LogP contribution in [-0.2, 0) is 6.54 Å². The number of aromatic hydroxyl groups is 1. The van der Waals surface area contributed by atoms with Crippen LogP contribution in [0, 0.1) is 5.92 Å². The summed E-state index contributed by atoms with van der Waals surface area (Å²) in [6.45, 7) is 5.09. The molecule has 0 atom stereocenters. The van der Waals surface area contributed by atoms with E-state index in [1.165, 1.54) is 12.8 Å². The molecule has 1 aromatic rings. The number of hydrogen-bond acceptors (Lipinski definition) is 2. The molecule has 3 heteroatoms. The molecule has 0 heterocycles. The lowest BCUT2D eigenvalue weighted by molar-refractivity contribution is 0.336. The van der Waals surface area contributed by atoms with Crippen LogP contribution in [0.3, 0.4) is 0 Å². The Balaban J connectivity index is 2.01. The van der Waals surface area contributed by atoms with Gasteiger partial charge in [-0.25, -0.2) is 0 Å². The van der Waals surface area contributed by atoms with Crippen LogP contribution in [0.4, 0.5) is 0 Å². The molecular weight excluding hydrogens is 222 g/mol. The van der Waals surface area contributed by atoms with Crippen molar-refractivity contribution in [3.8, 4) is 5.75 Å². The molecule has 2 N–H and O–H groups in total. The molecule has 1 aliphatic carbocycles. The van der Waals surface area contributed by atoms with Crippen LogP contribution in [0.25, 0.3) is 0 Å². The maximum Gasteiger partial charge on any atom is 0.120 e. The lowest BCUT2D eigenvalue weighted by Crippen LogP contribution is -2.40. The molecule has 0 amide bonds. The summed E-state index contributed by atoms with van der Waals surface area (Å²) in [5, 5.41) is 13.8. The van der Waals surface area contributed by atoms with Gasteiger partial charge < -0.3 is 10.4 Å². The molecule has 0 aromatic heterocycles. The molecule has 2 rings (SSSR count). The number of halogens is 1. The predicted molar refractivity (Wildman–Crippen MR) is 66.8 cm³/mol. The Kier molecular flexibility index (Phi) is 3.13. The Morgan fingerprint density at radius 1 is 1.44 bits per heavy atom. The van der Waals surface area contributed by atoms with Gasteiger partial charge in [-0.15, -0.1) is 0 Å². The maximum atomic E-state index is 9.69. The molecule has 88 valence electrons. The Bertz CT molecular complexity index is 386. The van der Waals surface area contributed by atoms with E-state index in [1.54, 1.807) is 12.1 Å². The summed E-state index contributed by atoms with van der Waals surface area (Å²) in [5.74, 6) is 1.08. The molecule has 0 aliphatic heterocycles. The quantitative estimate of drug-likeness (QED) is 0.845. The second kappa shape index (κ2) is 4.27. The summed E-state index contributed by atoms with van der Waals surface area (Å²) < 4.78 is 0. The zero-order valence-electron chi connectivity index (χ0n) is 9.76. The van der Waals surface area contributed by atoms with Crippen molar-refractivity contribution in [1.29, 1.82) is 0 Å². The van der Waals surface area contributed by atoms with Gasteiger partial charge in [-0.1, -0.05) is 11.6 Å². The predicted octanol–water partition coefficient (Wildman–Crippen LogP) is 3.32. The molecule has 0 spiro atoms. The van der Waals surface area contributed by atoms with E-state index in [9.17, 15) is 5.11 Å². The minimum absolute atomic E-state index is 0.148. The van der Waals surface area contributed by atoms with Crippen LogP contribution in [0.15, 0.2) is 18.2 Å². The van der Waals surface area contributed by atoms with Crippen LogP contribution >= 0.6 is 11.6 Å². The third-order valence-electron chi connectivity index (χ3n) is 3.37. The number of nitrogens with one attached hydrogen (secondary N) is 1. The van der Waals surface area contributed by atoms with E-state index in [0.29, 0.717) is 17.3 Å². The van der Waals surface area contributed by atoms with Crippen molar-refractivity contribution in [2.24, 2.45) is 5.92 Å². The van der Waals surface area contributed by atoms with E-state index < -0.39 is 0 Å². The first-order valence-corrected chi connectivity index (χ1v) is 6.09. The number of benzene rings is 1. The summed E-state index contributed by atoms with van der Waals surface area (Å²) in [6, 6.07) is 5.16. The van der Waals surface area contributed by atoms with Crippen molar-refractivity contribution < 1.29 is 5.11 Å². The van der Waals surface area contributed by atoms with Crippen LogP contribution in [0.1, 0.15) is 32.3 Å². The van der Waals surface area contributed by atoms with Gasteiger partial charge in [-0.2, -0.15) is 0 Å². The third-order valence-corrected chi connectivity index (χ3v) is 3.61. The zero-order chi connectivity index (χ0) is 11.8. The number of hydrogen-bond donors (Lipinski definition) is 2. The second-order valence-corrected chi connectivity index (χ2v) is 5.56. The maximum absolute atomic E-state index is 9.69. The van der Waals surface area contributed by atoms with E-state index in [-0.39, 0.29) is 5.54 Å². The number of phenols is 1. The zero-order valence-corrected chi connectivity index (χ0v) is 10.5. The average molecular weight is 240 g/mol. The normalized spacial score (nSPS) is 16.4. The first kappa shape index (κ1) is 11.7. The minimum atomic E-state index is 0.148. The molecule has 1 aromatic carbocycles. The largest absolute Gasteiger partial charge is 0.508 e. The monoisotopic (exact) mass is 239 g/mol. The molecule has 1 saturated carbocycles. The average Bonchev–Trinajstić information content (AvgIpc) is 3.03.